The summed E-state index contributed by atoms with van der Waals surface area (Å²) in [5, 5.41) is 16.9. The molecule has 5 nitrogen and oxygen atoms in total. The van der Waals surface area contributed by atoms with Gasteiger partial charge in [-0.15, -0.1) is 24.0 Å². The van der Waals surface area contributed by atoms with E-state index in [0.29, 0.717) is 23.7 Å². The molecule has 1 fully saturated rings. The summed E-state index contributed by atoms with van der Waals surface area (Å²) in [6.45, 7) is 7.11. The largest absolute Gasteiger partial charge is 0.463 e. The number of nitrogens with zero attached hydrogens (tertiary/aromatic N) is 1. The number of aliphatic imine (C=N–C) groups is 1. The van der Waals surface area contributed by atoms with Crippen LogP contribution in [0.3, 0.4) is 0 Å². The molecule has 1 aromatic rings. The van der Waals surface area contributed by atoms with Gasteiger partial charge in [0.25, 0.3) is 0 Å². The molecule has 120 valence electrons. The number of furan rings is 1. The van der Waals surface area contributed by atoms with Gasteiger partial charge in [-0.3, -0.25) is 4.99 Å². The highest BCUT2D eigenvalue weighted by Crippen LogP contribution is 2.43. The van der Waals surface area contributed by atoms with Crippen molar-refractivity contribution in [3.05, 3.63) is 23.7 Å². The van der Waals surface area contributed by atoms with Gasteiger partial charge in [0.2, 0.25) is 0 Å². The summed E-state index contributed by atoms with van der Waals surface area (Å²) in [6, 6.07) is 3.66. The SMILES string of the molecule is CN=C(NCC1(C)CC1)NCC(C)(O)c1ccc(C)o1.I. The molecule has 1 aliphatic carbocycles. The lowest BCUT2D eigenvalue weighted by molar-refractivity contribution is 0.0378. The number of halogens is 1. The minimum absolute atomic E-state index is 0. The molecule has 0 saturated heterocycles. The third kappa shape index (κ3) is 5.18. The second-order valence-electron chi connectivity index (χ2n) is 6.27. The number of aliphatic hydroxyl groups is 1. The lowest BCUT2D eigenvalue weighted by Gasteiger charge is -2.23. The van der Waals surface area contributed by atoms with Gasteiger partial charge in [-0.2, -0.15) is 0 Å². The van der Waals surface area contributed by atoms with E-state index in [1.165, 1.54) is 12.8 Å². The van der Waals surface area contributed by atoms with E-state index < -0.39 is 5.60 Å². The van der Waals surface area contributed by atoms with Gasteiger partial charge in [0.15, 0.2) is 5.96 Å². The lowest BCUT2D eigenvalue weighted by Crippen LogP contribution is -2.45. The Morgan fingerprint density at radius 1 is 1.43 bits per heavy atom. The summed E-state index contributed by atoms with van der Waals surface area (Å²) < 4.78 is 5.49. The predicted molar refractivity (Wildman–Crippen MR) is 95.1 cm³/mol. The summed E-state index contributed by atoms with van der Waals surface area (Å²) in [5.74, 6) is 2.07. The van der Waals surface area contributed by atoms with E-state index in [4.69, 9.17) is 4.42 Å². The van der Waals surface area contributed by atoms with Crippen molar-refractivity contribution in [1.29, 1.82) is 0 Å². The highest BCUT2D eigenvalue weighted by Gasteiger charge is 2.37. The monoisotopic (exact) mass is 407 g/mol. The Morgan fingerprint density at radius 3 is 2.57 bits per heavy atom. The summed E-state index contributed by atoms with van der Waals surface area (Å²) >= 11 is 0. The van der Waals surface area contributed by atoms with Crippen molar-refractivity contribution in [1.82, 2.24) is 10.6 Å². The Hall–Kier alpha value is -0.760. The number of guanidine groups is 1. The van der Waals surface area contributed by atoms with Crippen LogP contribution in [0.5, 0.6) is 0 Å². The summed E-state index contributed by atoms with van der Waals surface area (Å²) in [7, 11) is 1.73. The summed E-state index contributed by atoms with van der Waals surface area (Å²) in [5.41, 5.74) is -0.645. The Morgan fingerprint density at radius 2 is 2.10 bits per heavy atom. The number of hydrogen-bond donors (Lipinski definition) is 3. The number of hydrogen-bond acceptors (Lipinski definition) is 3. The molecule has 1 aliphatic rings. The Kier molecular flexibility index (Phi) is 6.10. The molecular weight excluding hydrogens is 381 g/mol. The van der Waals surface area contributed by atoms with E-state index in [1.807, 2.05) is 13.0 Å². The minimum Gasteiger partial charge on any atom is -0.463 e. The normalized spacial score (nSPS) is 19.4. The van der Waals surface area contributed by atoms with Crippen LogP contribution in [0, 0.1) is 12.3 Å². The summed E-state index contributed by atoms with van der Waals surface area (Å²) in [6.07, 6.45) is 2.53. The molecule has 1 saturated carbocycles. The standard InChI is InChI=1S/C15H25N3O2.HI/c1-11-5-6-12(20-11)15(3,19)10-18-13(16-4)17-9-14(2)7-8-14;/h5-6,19H,7-10H2,1-4H3,(H2,16,17,18);1H. The predicted octanol–water partition coefficient (Wildman–Crippen LogP) is 2.38. The van der Waals surface area contributed by atoms with Gasteiger partial charge in [0.1, 0.15) is 17.1 Å². The molecule has 21 heavy (non-hydrogen) atoms. The van der Waals surface area contributed by atoms with E-state index in [9.17, 15) is 5.11 Å². The van der Waals surface area contributed by atoms with E-state index >= 15 is 0 Å². The topological polar surface area (TPSA) is 69.8 Å². The molecule has 0 amide bonds. The Bertz CT molecular complexity index is 493. The molecule has 6 heteroatoms. The molecule has 1 aromatic heterocycles. The van der Waals surface area contributed by atoms with E-state index in [2.05, 4.69) is 22.5 Å². The lowest BCUT2D eigenvalue weighted by atomic mass is 10.0. The first-order chi connectivity index (χ1) is 9.35. The zero-order valence-corrected chi connectivity index (χ0v) is 15.5. The van der Waals surface area contributed by atoms with Crippen LogP contribution >= 0.6 is 24.0 Å². The fourth-order valence-electron chi connectivity index (χ4n) is 1.97. The van der Waals surface area contributed by atoms with Crippen LogP contribution in [-0.4, -0.2) is 31.2 Å². The van der Waals surface area contributed by atoms with Crippen molar-refractivity contribution in [3.8, 4) is 0 Å². The van der Waals surface area contributed by atoms with E-state index in [0.717, 1.165) is 12.3 Å². The van der Waals surface area contributed by atoms with Crippen LogP contribution < -0.4 is 10.6 Å². The van der Waals surface area contributed by atoms with Gasteiger partial charge in [-0.25, -0.2) is 0 Å². The minimum atomic E-state index is -1.06. The van der Waals surface area contributed by atoms with E-state index in [-0.39, 0.29) is 24.0 Å². The van der Waals surface area contributed by atoms with Gasteiger partial charge < -0.3 is 20.2 Å². The molecule has 3 N–H and O–H groups in total. The van der Waals surface area contributed by atoms with Crippen molar-refractivity contribution in [2.45, 2.75) is 39.2 Å². The van der Waals surface area contributed by atoms with E-state index in [1.54, 1.807) is 20.0 Å². The zero-order chi connectivity index (χ0) is 14.8. The van der Waals surface area contributed by atoms with Crippen molar-refractivity contribution in [2.75, 3.05) is 20.1 Å². The van der Waals surface area contributed by atoms with Gasteiger partial charge in [0, 0.05) is 13.6 Å². The Labute approximate surface area is 143 Å². The molecule has 0 radical (unpaired) electrons. The second-order valence-corrected chi connectivity index (χ2v) is 6.27. The molecule has 0 spiro atoms. The molecule has 0 aromatic carbocycles. The van der Waals surface area contributed by atoms with Crippen LogP contribution in [0.25, 0.3) is 0 Å². The first-order valence-corrected chi connectivity index (χ1v) is 7.08. The third-order valence-electron chi connectivity index (χ3n) is 3.88. The van der Waals surface area contributed by atoms with Gasteiger partial charge in [0.05, 0.1) is 6.54 Å². The number of aryl methyl sites for hydroxylation is 1. The quantitative estimate of drug-likeness (QED) is 0.398. The first-order valence-electron chi connectivity index (χ1n) is 7.08. The summed E-state index contributed by atoms with van der Waals surface area (Å²) in [4.78, 5) is 4.17. The van der Waals surface area contributed by atoms with Crippen LogP contribution in [0.1, 0.15) is 38.2 Å². The number of nitrogens with one attached hydrogen (secondary N) is 2. The molecule has 1 unspecified atom stereocenters. The van der Waals surface area contributed by atoms with Gasteiger partial charge in [-0.05, 0) is 44.2 Å². The fraction of sp³-hybridized carbons (Fsp3) is 0.667. The average Bonchev–Trinajstić information content (AvgIpc) is 2.96. The average molecular weight is 407 g/mol. The highest BCUT2D eigenvalue weighted by atomic mass is 127. The first kappa shape index (κ1) is 18.3. The van der Waals surface area contributed by atoms with Crippen LogP contribution in [0.4, 0.5) is 0 Å². The van der Waals surface area contributed by atoms with Gasteiger partial charge in [-0.1, -0.05) is 6.92 Å². The van der Waals surface area contributed by atoms with Crippen LogP contribution in [0.2, 0.25) is 0 Å². The van der Waals surface area contributed by atoms with Gasteiger partial charge >= 0.3 is 0 Å². The fourth-order valence-corrected chi connectivity index (χ4v) is 1.97. The molecular formula is C15H26IN3O2. The Balaban J connectivity index is 0.00000220. The molecule has 1 atom stereocenters. The van der Waals surface area contributed by atoms with Crippen molar-refractivity contribution >= 4 is 29.9 Å². The highest BCUT2D eigenvalue weighted by molar-refractivity contribution is 14.0. The van der Waals surface area contributed by atoms with Crippen molar-refractivity contribution in [3.63, 3.8) is 0 Å². The van der Waals surface area contributed by atoms with Crippen LogP contribution in [-0.2, 0) is 5.60 Å². The van der Waals surface area contributed by atoms with Crippen LogP contribution in [0.15, 0.2) is 21.5 Å². The maximum Gasteiger partial charge on any atom is 0.191 e. The molecule has 0 aliphatic heterocycles. The molecule has 0 bridgehead atoms. The number of rotatable bonds is 5. The second kappa shape index (κ2) is 7.00. The van der Waals surface area contributed by atoms with Crippen molar-refractivity contribution in [2.24, 2.45) is 10.4 Å². The smallest absolute Gasteiger partial charge is 0.191 e. The maximum atomic E-state index is 10.4. The maximum absolute atomic E-state index is 10.4. The van der Waals surface area contributed by atoms with Crippen molar-refractivity contribution < 1.29 is 9.52 Å². The zero-order valence-electron chi connectivity index (χ0n) is 13.2. The third-order valence-corrected chi connectivity index (χ3v) is 3.88. The molecule has 1 heterocycles. The molecule has 2 rings (SSSR count).